The number of aliphatic hydroxyl groups is 4. The molecule has 3 unspecified atom stereocenters. The molecule has 0 amide bonds. The van der Waals surface area contributed by atoms with E-state index < -0.39 is 130 Å². The van der Waals surface area contributed by atoms with Crippen LogP contribution in [-0.2, 0) is 43.5 Å². The number of carbonyl (C=O) groups is 5. The van der Waals surface area contributed by atoms with E-state index in [1.807, 2.05) is 6.07 Å². The van der Waals surface area contributed by atoms with Crippen LogP contribution in [0.2, 0.25) is 0 Å². The van der Waals surface area contributed by atoms with E-state index in [0.29, 0.717) is 5.56 Å². The van der Waals surface area contributed by atoms with Gasteiger partial charge in [0.25, 0.3) is 0 Å². The number of carbonyl (C=O) groups excluding carboxylic acids is 5. The van der Waals surface area contributed by atoms with Gasteiger partial charge in [-0.05, 0) is 42.9 Å². The average Bonchev–Trinajstić information content (AvgIpc) is 3.22. The Morgan fingerprint density at radius 1 is 0.862 bits per heavy atom. The van der Waals surface area contributed by atoms with E-state index in [0.717, 1.165) is 13.8 Å². The number of hydrogen-bond donors (Lipinski definition) is 4. The molecule has 2 aromatic rings. The lowest BCUT2D eigenvalue weighted by molar-refractivity contribution is -0.290. The van der Waals surface area contributed by atoms with Crippen molar-refractivity contribution in [1.29, 1.82) is 0 Å². The minimum Gasteiger partial charge on any atom is -0.460 e. The van der Waals surface area contributed by atoms with Gasteiger partial charge >= 0.3 is 23.9 Å². The highest BCUT2D eigenvalue weighted by Crippen LogP contribution is 2.64. The molecule has 13 heteroatoms. The Balaban J connectivity index is 1.82. The second-order valence-corrected chi connectivity index (χ2v) is 18.3. The van der Waals surface area contributed by atoms with Gasteiger partial charge < -0.3 is 39.4 Å². The van der Waals surface area contributed by atoms with Gasteiger partial charge in [0.05, 0.1) is 29.6 Å². The summed E-state index contributed by atoms with van der Waals surface area (Å²) in [6.07, 6.45) is -8.59. The number of rotatable bonds is 9. The Morgan fingerprint density at radius 3 is 1.97 bits per heavy atom. The molecule has 0 aliphatic heterocycles. The van der Waals surface area contributed by atoms with Gasteiger partial charge in [-0.15, -0.1) is 0 Å². The maximum Gasteiger partial charge on any atom is 0.338 e. The van der Waals surface area contributed by atoms with Crippen molar-refractivity contribution in [3.8, 4) is 0 Å². The maximum atomic E-state index is 15.5. The van der Waals surface area contributed by atoms with Crippen LogP contribution >= 0.6 is 0 Å². The van der Waals surface area contributed by atoms with Gasteiger partial charge in [0, 0.05) is 42.9 Å². The van der Waals surface area contributed by atoms with Crippen LogP contribution in [0.1, 0.15) is 98.0 Å². The molecule has 13 atom stereocenters. The van der Waals surface area contributed by atoms with E-state index in [-0.39, 0.29) is 12.0 Å². The summed E-state index contributed by atoms with van der Waals surface area (Å²) in [5, 5.41) is 49.1. The minimum atomic E-state index is -2.37. The molecule has 13 nitrogen and oxygen atoms in total. The van der Waals surface area contributed by atoms with Crippen molar-refractivity contribution >= 4 is 29.7 Å². The zero-order chi connectivity index (χ0) is 43.3. The Hall–Kier alpha value is -4.17. The maximum absolute atomic E-state index is 15.5. The first-order chi connectivity index (χ1) is 26.9. The van der Waals surface area contributed by atoms with Crippen LogP contribution in [0.4, 0.5) is 0 Å². The number of ketones is 1. The smallest absolute Gasteiger partial charge is 0.338 e. The third-order valence-electron chi connectivity index (χ3n) is 14.4. The van der Waals surface area contributed by atoms with Crippen molar-refractivity contribution in [2.75, 3.05) is 6.61 Å². The van der Waals surface area contributed by atoms with Crippen molar-refractivity contribution in [3.63, 3.8) is 0 Å². The summed E-state index contributed by atoms with van der Waals surface area (Å²) in [5.74, 6) is -9.41. The van der Waals surface area contributed by atoms with E-state index in [9.17, 15) is 39.6 Å². The van der Waals surface area contributed by atoms with Gasteiger partial charge in [-0.1, -0.05) is 97.0 Å². The molecular weight excluding hydrogens is 748 g/mol. The normalized spacial score (nSPS) is 36.4. The number of benzene rings is 2. The molecule has 4 N–H and O–H groups in total. The Morgan fingerprint density at radius 2 is 1.43 bits per heavy atom. The van der Waals surface area contributed by atoms with Crippen molar-refractivity contribution in [2.24, 2.45) is 40.4 Å². The first-order valence-electron chi connectivity index (χ1n) is 20.1. The highest BCUT2D eigenvalue weighted by Gasteiger charge is 2.76. The van der Waals surface area contributed by atoms with Gasteiger partial charge in [0.2, 0.25) is 0 Å². The van der Waals surface area contributed by atoms with Gasteiger partial charge in [-0.25, -0.2) is 9.59 Å². The molecule has 318 valence electrons. The minimum absolute atomic E-state index is 0.0735. The van der Waals surface area contributed by atoms with Crippen LogP contribution < -0.4 is 0 Å². The van der Waals surface area contributed by atoms with Crippen LogP contribution in [0.15, 0.2) is 60.7 Å². The summed E-state index contributed by atoms with van der Waals surface area (Å²) in [7, 11) is 0. The van der Waals surface area contributed by atoms with Crippen molar-refractivity contribution in [2.45, 2.75) is 129 Å². The fourth-order valence-corrected chi connectivity index (χ4v) is 10.6. The molecule has 3 saturated carbocycles. The Kier molecular flexibility index (Phi) is 12.5. The summed E-state index contributed by atoms with van der Waals surface area (Å²) < 4.78 is 24.7. The lowest BCUT2D eigenvalue weighted by Crippen LogP contribution is -2.77. The van der Waals surface area contributed by atoms with Gasteiger partial charge in [0.15, 0.2) is 18.0 Å². The van der Waals surface area contributed by atoms with E-state index in [4.69, 9.17) is 18.9 Å². The molecule has 0 radical (unpaired) electrons. The van der Waals surface area contributed by atoms with Gasteiger partial charge in [0.1, 0.15) is 23.4 Å². The molecule has 2 bridgehead atoms. The lowest BCUT2D eigenvalue weighted by atomic mass is 9.44. The molecule has 0 spiro atoms. The Bertz CT molecular complexity index is 1860. The zero-order valence-corrected chi connectivity index (χ0v) is 35.1. The molecule has 3 fully saturated rings. The molecule has 58 heavy (non-hydrogen) atoms. The second-order valence-electron chi connectivity index (χ2n) is 18.3. The fourth-order valence-electron chi connectivity index (χ4n) is 10.6. The summed E-state index contributed by atoms with van der Waals surface area (Å²) in [6, 6.07) is 16.8. The first-order valence-corrected chi connectivity index (χ1v) is 20.1. The third-order valence-corrected chi connectivity index (χ3v) is 14.4. The third kappa shape index (κ3) is 7.26. The highest BCUT2D eigenvalue weighted by atomic mass is 16.6. The van der Waals surface area contributed by atoms with Gasteiger partial charge in [-0.2, -0.15) is 0 Å². The van der Waals surface area contributed by atoms with Crippen LogP contribution in [-0.4, -0.2) is 98.4 Å². The molecule has 0 heterocycles. The number of ether oxygens (including phenoxy) is 4. The summed E-state index contributed by atoms with van der Waals surface area (Å²) in [5.41, 5.74) is -8.51. The van der Waals surface area contributed by atoms with Crippen LogP contribution in [0, 0.1) is 40.4 Å². The molecule has 2 aromatic carbocycles. The molecule has 0 saturated heterocycles. The standard InChI is InChI=1S/C45H60O13/c1-24-21-32(49)43(10)35(44(24,23-46)58-28(5)48)38(57-39(52)29-17-13-11-14-18-29)45(54)22-31(56-40(53)37(51)41(6,7)30-19-15-12-16-20-30)25(2)26(3)33(42(45,8)9)34(36(43)50)55-27(4)47/h11-20,24-26,31-35,37-38,46,49,51,54H,21-23H2,1-10H3/t24-,25?,26?,31+,32+,33?,34-,35+,37+,38+,43-,44+,45-/m1/s1. The SMILES string of the molecule is CC(=O)O[C@H]1C(=O)[C@@]2(C)[C@H]([C@H](OC(=O)c3ccccc3)[C@]3(O)C[C@H](OC(=O)[C@H](O)C(C)(C)c4ccccc4)C(C)C(C)C1C3(C)C)[C@@](CO)(OC(C)=O)[C@H](C)C[C@@H]2O. The van der Waals surface area contributed by atoms with Crippen molar-refractivity contribution < 1.29 is 63.3 Å². The van der Waals surface area contributed by atoms with Crippen LogP contribution in [0.5, 0.6) is 0 Å². The van der Waals surface area contributed by atoms with Gasteiger partial charge in [-0.3, -0.25) is 14.4 Å². The Labute approximate surface area is 340 Å². The number of fused-ring (bicyclic) bond motifs is 3. The monoisotopic (exact) mass is 808 g/mol. The zero-order valence-electron chi connectivity index (χ0n) is 35.1. The van der Waals surface area contributed by atoms with E-state index >= 15 is 4.79 Å². The largest absolute Gasteiger partial charge is 0.460 e. The number of Topliss-reactive ketones (excluding diaryl/α,β-unsaturated/α-hetero) is 1. The first kappa shape index (κ1) is 44.9. The molecule has 3 aliphatic carbocycles. The summed E-state index contributed by atoms with van der Waals surface area (Å²) in [4.78, 5) is 70.1. The van der Waals surface area contributed by atoms with Crippen molar-refractivity contribution in [3.05, 3.63) is 71.8 Å². The van der Waals surface area contributed by atoms with E-state index in [2.05, 4.69) is 0 Å². The molecule has 0 aromatic heterocycles. The van der Waals surface area contributed by atoms with E-state index in [1.165, 1.54) is 19.1 Å². The topological polar surface area (TPSA) is 203 Å². The lowest BCUT2D eigenvalue weighted by Gasteiger charge is -2.64. The number of hydrogen-bond acceptors (Lipinski definition) is 13. The average molecular weight is 809 g/mol. The fraction of sp³-hybridized carbons (Fsp3) is 0.622. The van der Waals surface area contributed by atoms with Crippen LogP contribution in [0.3, 0.4) is 0 Å². The summed E-state index contributed by atoms with van der Waals surface area (Å²) >= 11 is 0. The van der Waals surface area contributed by atoms with E-state index in [1.54, 1.807) is 90.9 Å². The second kappa shape index (κ2) is 16.1. The predicted octanol–water partition coefficient (Wildman–Crippen LogP) is 4.34. The number of esters is 4. The summed E-state index contributed by atoms with van der Waals surface area (Å²) in [6.45, 7) is 14.5. The number of aliphatic hydroxyl groups excluding tert-OH is 3. The molecular formula is C45H60O13. The highest BCUT2D eigenvalue weighted by molar-refractivity contribution is 5.93. The van der Waals surface area contributed by atoms with Crippen molar-refractivity contribution in [1.82, 2.24) is 0 Å². The molecule has 5 rings (SSSR count). The molecule has 3 aliphatic rings. The van der Waals surface area contributed by atoms with Crippen LogP contribution in [0.25, 0.3) is 0 Å². The predicted molar refractivity (Wildman–Crippen MR) is 210 cm³/mol. The quantitative estimate of drug-likeness (QED) is 0.206.